The molecular formula is C11H14ClNS. The average molecular weight is 228 g/mol. The highest BCUT2D eigenvalue weighted by Gasteiger charge is 2.48. The van der Waals surface area contributed by atoms with Gasteiger partial charge in [-0.1, -0.05) is 11.6 Å². The molecule has 0 amide bonds. The second-order valence-corrected chi connectivity index (χ2v) is 6.09. The molecule has 0 spiro atoms. The van der Waals surface area contributed by atoms with E-state index in [0.717, 1.165) is 10.3 Å². The number of hydrogen-bond donors (Lipinski definition) is 1. The smallest absolute Gasteiger partial charge is 0.0931 e. The minimum atomic E-state index is 0.303. The van der Waals surface area contributed by atoms with Crippen molar-refractivity contribution in [1.82, 2.24) is 5.32 Å². The molecule has 1 aromatic rings. The van der Waals surface area contributed by atoms with Gasteiger partial charge in [0.05, 0.1) is 9.88 Å². The van der Waals surface area contributed by atoms with Crippen LogP contribution in [0.2, 0.25) is 4.34 Å². The maximum Gasteiger partial charge on any atom is 0.0931 e. The lowest BCUT2D eigenvalue weighted by Gasteiger charge is -2.28. The van der Waals surface area contributed by atoms with E-state index in [1.807, 2.05) is 6.07 Å². The molecule has 1 aromatic heterocycles. The maximum atomic E-state index is 6.02. The van der Waals surface area contributed by atoms with E-state index in [2.05, 4.69) is 11.4 Å². The largest absolute Gasteiger partial charge is 0.306 e. The van der Waals surface area contributed by atoms with Crippen LogP contribution in [0, 0.1) is 5.92 Å². The summed E-state index contributed by atoms with van der Waals surface area (Å²) in [5, 5.41) is 3.71. The van der Waals surface area contributed by atoms with E-state index in [-0.39, 0.29) is 0 Å². The molecule has 1 saturated heterocycles. The Morgan fingerprint density at radius 2 is 2.29 bits per heavy atom. The quantitative estimate of drug-likeness (QED) is 0.817. The molecule has 1 nitrogen and oxygen atoms in total. The molecule has 3 heteroatoms. The second-order valence-electron chi connectivity index (χ2n) is 4.38. The van der Waals surface area contributed by atoms with Gasteiger partial charge in [-0.3, -0.25) is 0 Å². The van der Waals surface area contributed by atoms with Crippen LogP contribution in [0.15, 0.2) is 12.1 Å². The number of nitrogens with one attached hydrogen (secondary N) is 1. The van der Waals surface area contributed by atoms with Crippen LogP contribution in [0.4, 0.5) is 0 Å². The van der Waals surface area contributed by atoms with E-state index in [9.17, 15) is 0 Å². The number of rotatable bonds is 2. The molecule has 0 bridgehead atoms. The van der Waals surface area contributed by atoms with Crippen molar-refractivity contribution >= 4 is 22.9 Å². The van der Waals surface area contributed by atoms with Gasteiger partial charge in [0.15, 0.2) is 0 Å². The lowest BCUT2D eigenvalue weighted by atomic mass is 9.90. The maximum absolute atomic E-state index is 6.02. The molecule has 3 rings (SSSR count). The Bertz CT molecular complexity index is 337. The van der Waals surface area contributed by atoms with E-state index < -0.39 is 0 Å². The molecule has 0 aromatic carbocycles. The van der Waals surface area contributed by atoms with Crippen molar-refractivity contribution in [2.24, 2.45) is 5.92 Å². The van der Waals surface area contributed by atoms with Gasteiger partial charge < -0.3 is 5.32 Å². The fraction of sp³-hybridized carbons (Fsp3) is 0.636. The summed E-state index contributed by atoms with van der Waals surface area (Å²) >= 11 is 7.77. The summed E-state index contributed by atoms with van der Waals surface area (Å²) in [6, 6.07) is 4.25. The first-order valence-electron chi connectivity index (χ1n) is 5.32. The summed E-state index contributed by atoms with van der Waals surface area (Å²) in [5.41, 5.74) is 0.303. The van der Waals surface area contributed by atoms with Crippen LogP contribution < -0.4 is 5.32 Å². The highest BCUT2D eigenvalue weighted by molar-refractivity contribution is 7.16. The van der Waals surface area contributed by atoms with Gasteiger partial charge in [-0.15, -0.1) is 11.3 Å². The summed E-state index contributed by atoms with van der Waals surface area (Å²) in [6.45, 7) is 1.17. The highest BCUT2D eigenvalue weighted by atomic mass is 35.5. The number of hydrogen-bond acceptors (Lipinski definition) is 2. The van der Waals surface area contributed by atoms with Crippen LogP contribution >= 0.6 is 22.9 Å². The van der Waals surface area contributed by atoms with Crippen molar-refractivity contribution in [2.75, 3.05) is 6.54 Å². The zero-order valence-corrected chi connectivity index (χ0v) is 9.63. The summed E-state index contributed by atoms with van der Waals surface area (Å²) in [7, 11) is 0. The third-order valence-electron chi connectivity index (χ3n) is 3.48. The Labute approximate surface area is 93.5 Å². The molecule has 0 radical (unpaired) electrons. The van der Waals surface area contributed by atoms with Crippen molar-refractivity contribution < 1.29 is 0 Å². The van der Waals surface area contributed by atoms with Crippen LogP contribution in [0.5, 0.6) is 0 Å². The van der Waals surface area contributed by atoms with Gasteiger partial charge in [0.2, 0.25) is 0 Å². The van der Waals surface area contributed by atoms with Gasteiger partial charge in [-0.2, -0.15) is 0 Å². The Morgan fingerprint density at radius 3 is 2.79 bits per heavy atom. The standard InChI is InChI=1S/C11H14ClNS/c12-10-5-4-9(14-10)11(8-2-3-8)6-1-7-13-11/h4-5,8,13H,1-3,6-7H2. The molecule has 2 heterocycles. The molecule has 1 unspecified atom stereocenters. The molecule has 1 aliphatic carbocycles. The molecule has 2 aliphatic rings. The van der Waals surface area contributed by atoms with E-state index in [0.29, 0.717) is 5.54 Å². The fourth-order valence-electron chi connectivity index (χ4n) is 2.66. The van der Waals surface area contributed by atoms with Crippen molar-refractivity contribution in [3.8, 4) is 0 Å². The summed E-state index contributed by atoms with van der Waals surface area (Å²) in [4.78, 5) is 1.46. The van der Waals surface area contributed by atoms with E-state index in [1.54, 1.807) is 11.3 Å². The molecule has 14 heavy (non-hydrogen) atoms. The van der Waals surface area contributed by atoms with Gasteiger partial charge in [0.25, 0.3) is 0 Å². The van der Waals surface area contributed by atoms with Crippen molar-refractivity contribution in [3.05, 3.63) is 21.3 Å². The molecule has 1 aliphatic heterocycles. The zero-order valence-electron chi connectivity index (χ0n) is 8.05. The van der Waals surface area contributed by atoms with Gasteiger partial charge in [0, 0.05) is 4.88 Å². The van der Waals surface area contributed by atoms with Gasteiger partial charge in [-0.05, 0) is 50.3 Å². The highest BCUT2D eigenvalue weighted by Crippen LogP contribution is 2.52. The summed E-state index contributed by atoms with van der Waals surface area (Å²) < 4.78 is 0.925. The van der Waals surface area contributed by atoms with Crippen molar-refractivity contribution in [3.63, 3.8) is 0 Å². The van der Waals surface area contributed by atoms with E-state index in [1.165, 1.54) is 37.1 Å². The molecule has 1 atom stereocenters. The molecular weight excluding hydrogens is 214 g/mol. The molecule has 1 N–H and O–H groups in total. The van der Waals surface area contributed by atoms with E-state index in [4.69, 9.17) is 11.6 Å². The van der Waals surface area contributed by atoms with Crippen LogP contribution in [-0.4, -0.2) is 6.54 Å². The first-order valence-corrected chi connectivity index (χ1v) is 6.51. The normalized spacial score (nSPS) is 32.4. The Kier molecular flexibility index (Phi) is 2.12. The lowest BCUT2D eigenvalue weighted by Crippen LogP contribution is -2.38. The van der Waals surface area contributed by atoms with E-state index >= 15 is 0 Å². The van der Waals surface area contributed by atoms with Gasteiger partial charge in [-0.25, -0.2) is 0 Å². The van der Waals surface area contributed by atoms with Crippen LogP contribution in [0.3, 0.4) is 0 Å². The third kappa shape index (κ3) is 1.32. The third-order valence-corrected chi connectivity index (χ3v) is 4.88. The zero-order chi connectivity index (χ0) is 9.60. The summed E-state index contributed by atoms with van der Waals surface area (Å²) in [5.74, 6) is 0.875. The topological polar surface area (TPSA) is 12.0 Å². The van der Waals surface area contributed by atoms with Crippen LogP contribution in [0.1, 0.15) is 30.6 Å². The number of halogens is 1. The Balaban J connectivity index is 1.98. The predicted octanol–water partition coefficient (Wildman–Crippen LogP) is 3.39. The first-order chi connectivity index (χ1) is 6.81. The monoisotopic (exact) mass is 227 g/mol. The van der Waals surface area contributed by atoms with Crippen molar-refractivity contribution in [2.45, 2.75) is 31.2 Å². The minimum Gasteiger partial charge on any atom is -0.306 e. The minimum absolute atomic E-state index is 0.303. The Hall–Kier alpha value is -0.0500. The first kappa shape index (κ1) is 9.20. The SMILES string of the molecule is Clc1ccc(C2(C3CC3)CCCN2)s1. The van der Waals surface area contributed by atoms with Gasteiger partial charge >= 0.3 is 0 Å². The van der Waals surface area contributed by atoms with Crippen LogP contribution in [0.25, 0.3) is 0 Å². The average Bonchev–Trinajstić information content (AvgIpc) is 2.77. The van der Waals surface area contributed by atoms with Crippen molar-refractivity contribution in [1.29, 1.82) is 0 Å². The molecule has 76 valence electrons. The lowest BCUT2D eigenvalue weighted by molar-refractivity contribution is 0.343. The summed E-state index contributed by atoms with van der Waals surface area (Å²) in [6.07, 6.45) is 5.39. The fourth-order valence-corrected chi connectivity index (χ4v) is 3.97. The van der Waals surface area contributed by atoms with Crippen LogP contribution in [-0.2, 0) is 5.54 Å². The Morgan fingerprint density at radius 1 is 1.43 bits per heavy atom. The number of thiophene rings is 1. The second kappa shape index (κ2) is 3.22. The molecule has 2 fully saturated rings. The predicted molar refractivity (Wildman–Crippen MR) is 61.0 cm³/mol. The van der Waals surface area contributed by atoms with Gasteiger partial charge in [0.1, 0.15) is 0 Å². The molecule has 1 saturated carbocycles.